The summed E-state index contributed by atoms with van der Waals surface area (Å²) in [6.45, 7) is 4.98. The van der Waals surface area contributed by atoms with E-state index in [4.69, 9.17) is 5.73 Å². The van der Waals surface area contributed by atoms with E-state index in [1.54, 1.807) is 6.20 Å². The Hall–Kier alpha value is -2.95. The van der Waals surface area contributed by atoms with Crippen LogP contribution >= 0.6 is 11.8 Å². The number of benzene rings is 1. The first-order chi connectivity index (χ1) is 15.0. The number of aliphatic hydroxyl groups is 1. The zero-order valence-electron chi connectivity index (χ0n) is 17.5. The average molecular weight is 439 g/mol. The minimum Gasteiger partial charge on any atom is -0.391 e. The summed E-state index contributed by atoms with van der Waals surface area (Å²) in [5.41, 5.74) is 10.1. The predicted molar refractivity (Wildman–Crippen MR) is 122 cm³/mol. The number of rotatable bonds is 9. The fraction of sp³-hybridized carbons (Fsp3) is 0.333. The highest BCUT2D eigenvalue weighted by atomic mass is 32.2. The van der Waals surface area contributed by atoms with Crippen molar-refractivity contribution in [2.45, 2.75) is 37.6 Å². The third kappa shape index (κ3) is 4.87. The predicted octanol–water partition coefficient (Wildman–Crippen LogP) is 2.69. The molecule has 1 atom stereocenters. The van der Waals surface area contributed by atoms with Crippen molar-refractivity contribution in [1.82, 2.24) is 29.9 Å². The molecule has 0 saturated carbocycles. The van der Waals surface area contributed by atoms with Gasteiger partial charge in [-0.3, -0.25) is 5.10 Å². The van der Waals surface area contributed by atoms with Crippen molar-refractivity contribution in [2.75, 3.05) is 17.6 Å². The van der Waals surface area contributed by atoms with Gasteiger partial charge in [-0.2, -0.15) is 10.2 Å². The minimum absolute atomic E-state index is 0.206. The van der Waals surface area contributed by atoms with Crippen molar-refractivity contribution in [1.29, 1.82) is 0 Å². The Balaban J connectivity index is 1.56. The van der Waals surface area contributed by atoms with E-state index in [2.05, 4.69) is 56.6 Å². The maximum atomic E-state index is 9.81. The third-order valence-corrected chi connectivity index (χ3v) is 5.82. The van der Waals surface area contributed by atoms with Gasteiger partial charge in [0.2, 0.25) is 0 Å². The van der Waals surface area contributed by atoms with Crippen LogP contribution in [0.5, 0.6) is 0 Å². The summed E-state index contributed by atoms with van der Waals surface area (Å²) in [5.74, 6) is 1.34. The number of nitrogens with two attached hydrogens (primary N) is 1. The summed E-state index contributed by atoms with van der Waals surface area (Å²) in [7, 11) is 0. The van der Waals surface area contributed by atoms with Gasteiger partial charge in [0.15, 0.2) is 16.5 Å². The summed E-state index contributed by atoms with van der Waals surface area (Å²) >= 11 is 1.38. The topological polar surface area (TPSA) is 131 Å². The Kier molecular flexibility index (Phi) is 6.50. The van der Waals surface area contributed by atoms with Gasteiger partial charge in [-0.05, 0) is 29.7 Å². The number of H-pyrrole nitrogens is 1. The number of anilines is 1. The highest BCUT2D eigenvalue weighted by molar-refractivity contribution is 7.99. The molecule has 0 saturated heterocycles. The highest BCUT2D eigenvalue weighted by Gasteiger charge is 2.17. The van der Waals surface area contributed by atoms with Gasteiger partial charge in [0.25, 0.3) is 0 Å². The smallest absolute Gasteiger partial charge is 0.190 e. The van der Waals surface area contributed by atoms with Crippen LogP contribution in [-0.4, -0.2) is 53.5 Å². The first-order valence-corrected chi connectivity index (χ1v) is 11.1. The molecule has 1 unspecified atom stereocenters. The molecule has 0 bridgehead atoms. The maximum Gasteiger partial charge on any atom is 0.190 e. The van der Waals surface area contributed by atoms with E-state index in [1.165, 1.54) is 11.8 Å². The molecule has 3 aromatic heterocycles. The van der Waals surface area contributed by atoms with Crippen molar-refractivity contribution < 1.29 is 5.11 Å². The largest absolute Gasteiger partial charge is 0.391 e. The fourth-order valence-electron chi connectivity index (χ4n) is 3.10. The Morgan fingerprint density at radius 3 is 2.68 bits per heavy atom. The summed E-state index contributed by atoms with van der Waals surface area (Å²) in [6, 6.07) is 10.1. The number of aromatic nitrogens is 6. The Labute approximate surface area is 184 Å². The molecule has 3 heterocycles. The van der Waals surface area contributed by atoms with Crippen LogP contribution in [0.3, 0.4) is 0 Å². The second-order valence-electron chi connectivity index (χ2n) is 7.52. The molecular formula is C21H26N8OS. The van der Waals surface area contributed by atoms with Crippen LogP contribution in [0.2, 0.25) is 0 Å². The van der Waals surface area contributed by atoms with Crippen LogP contribution in [0.15, 0.2) is 47.9 Å². The van der Waals surface area contributed by atoms with Gasteiger partial charge in [0, 0.05) is 31.2 Å². The van der Waals surface area contributed by atoms with Gasteiger partial charge in [0.05, 0.1) is 17.5 Å². The van der Waals surface area contributed by atoms with E-state index < -0.39 is 6.10 Å². The number of nitrogens with zero attached hydrogens (tertiary/aromatic N) is 5. The van der Waals surface area contributed by atoms with Crippen LogP contribution in [0, 0.1) is 0 Å². The molecule has 0 fully saturated rings. The molecule has 31 heavy (non-hydrogen) atoms. The van der Waals surface area contributed by atoms with Gasteiger partial charge in [-0.1, -0.05) is 37.7 Å². The number of fused-ring (bicyclic) bond motifs is 1. The zero-order valence-corrected chi connectivity index (χ0v) is 18.3. The number of nitrogens with one attached hydrogen (secondary N) is 2. The lowest BCUT2D eigenvalue weighted by atomic mass is 10.1. The number of thioether (sulfide) groups is 1. The SMILES string of the molecule is CC(C)c1[nH]nc2c(NCc3ccc(-n4cccn4)cc3)nc(SCC(O)CN)nc12. The molecule has 0 radical (unpaired) electrons. The molecule has 162 valence electrons. The van der Waals surface area contributed by atoms with Crippen molar-refractivity contribution in [3.63, 3.8) is 0 Å². The Morgan fingerprint density at radius 1 is 1.19 bits per heavy atom. The molecule has 0 aliphatic heterocycles. The van der Waals surface area contributed by atoms with Gasteiger partial charge in [-0.15, -0.1) is 0 Å². The van der Waals surface area contributed by atoms with E-state index in [0.717, 1.165) is 22.5 Å². The first-order valence-electron chi connectivity index (χ1n) is 10.1. The second-order valence-corrected chi connectivity index (χ2v) is 8.50. The molecule has 9 nitrogen and oxygen atoms in total. The lowest BCUT2D eigenvalue weighted by Gasteiger charge is -2.11. The van der Waals surface area contributed by atoms with Gasteiger partial charge >= 0.3 is 0 Å². The average Bonchev–Trinajstić information content (AvgIpc) is 3.46. The van der Waals surface area contributed by atoms with Crippen LogP contribution in [0.4, 0.5) is 5.82 Å². The van der Waals surface area contributed by atoms with E-state index in [-0.39, 0.29) is 12.5 Å². The van der Waals surface area contributed by atoms with Gasteiger partial charge in [0.1, 0.15) is 5.52 Å². The Bertz CT molecular complexity index is 1120. The van der Waals surface area contributed by atoms with E-state index in [0.29, 0.717) is 28.8 Å². The second kappa shape index (κ2) is 9.46. The Morgan fingerprint density at radius 2 is 2.00 bits per heavy atom. The van der Waals surface area contributed by atoms with Gasteiger partial charge < -0.3 is 16.2 Å². The van der Waals surface area contributed by atoms with Crippen molar-refractivity contribution in [3.05, 3.63) is 54.0 Å². The minimum atomic E-state index is -0.595. The number of hydrogen-bond acceptors (Lipinski definition) is 8. The zero-order chi connectivity index (χ0) is 21.8. The first kappa shape index (κ1) is 21.3. The summed E-state index contributed by atoms with van der Waals surface area (Å²) < 4.78 is 1.82. The van der Waals surface area contributed by atoms with Crippen LogP contribution in [0.25, 0.3) is 16.7 Å². The van der Waals surface area contributed by atoms with Crippen molar-refractivity contribution >= 4 is 28.6 Å². The maximum absolute atomic E-state index is 9.81. The van der Waals surface area contributed by atoms with Crippen LogP contribution < -0.4 is 11.1 Å². The van der Waals surface area contributed by atoms with Crippen molar-refractivity contribution in [2.24, 2.45) is 5.73 Å². The molecular weight excluding hydrogens is 412 g/mol. The number of aliphatic hydroxyl groups excluding tert-OH is 1. The molecule has 4 aromatic rings. The summed E-state index contributed by atoms with van der Waals surface area (Å²) in [6.07, 6.45) is 3.07. The lowest BCUT2D eigenvalue weighted by Crippen LogP contribution is -2.22. The number of hydrogen-bond donors (Lipinski definition) is 4. The standard InChI is InChI=1S/C21H26N8OS/c1-13(2)17-18-19(28-27-17)20(26-21(25-18)31-12-16(30)10-22)23-11-14-4-6-15(7-5-14)29-9-3-8-24-29/h3-9,13,16,30H,10-12,22H2,1-2H3,(H,27,28)(H,23,25,26). The lowest BCUT2D eigenvalue weighted by molar-refractivity contribution is 0.208. The monoisotopic (exact) mass is 438 g/mol. The van der Waals surface area contributed by atoms with Crippen LogP contribution in [0.1, 0.15) is 31.0 Å². The summed E-state index contributed by atoms with van der Waals surface area (Å²) in [4.78, 5) is 9.32. The molecule has 1 aromatic carbocycles. The van der Waals surface area contributed by atoms with E-state index in [1.807, 2.05) is 29.1 Å². The fourth-order valence-corrected chi connectivity index (χ4v) is 3.89. The molecule has 4 rings (SSSR count). The summed E-state index contributed by atoms with van der Waals surface area (Å²) in [5, 5.41) is 25.6. The molecule has 0 amide bonds. The van der Waals surface area contributed by atoms with E-state index in [9.17, 15) is 5.11 Å². The highest BCUT2D eigenvalue weighted by Crippen LogP contribution is 2.28. The molecule has 0 spiro atoms. The van der Waals surface area contributed by atoms with E-state index >= 15 is 0 Å². The number of aromatic amines is 1. The van der Waals surface area contributed by atoms with Gasteiger partial charge in [-0.25, -0.2) is 14.6 Å². The molecule has 0 aliphatic rings. The van der Waals surface area contributed by atoms with Crippen LogP contribution in [-0.2, 0) is 6.54 Å². The quantitative estimate of drug-likeness (QED) is 0.232. The third-order valence-electron chi connectivity index (χ3n) is 4.83. The molecule has 5 N–H and O–H groups in total. The van der Waals surface area contributed by atoms with Crippen molar-refractivity contribution in [3.8, 4) is 5.69 Å². The normalized spacial score (nSPS) is 12.5. The molecule has 10 heteroatoms. The molecule has 0 aliphatic carbocycles.